The molecule has 0 atom stereocenters. The van der Waals surface area contributed by atoms with Crippen LogP contribution >= 0.6 is 0 Å². The van der Waals surface area contributed by atoms with Gasteiger partial charge in [0.2, 0.25) is 5.89 Å². The highest BCUT2D eigenvalue weighted by Crippen LogP contribution is 2.36. The maximum absolute atomic E-state index is 13.5. The van der Waals surface area contributed by atoms with Crippen LogP contribution in [-0.4, -0.2) is 34.2 Å². The van der Waals surface area contributed by atoms with E-state index in [1.165, 1.54) is 6.20 Å². The lowest BCUT2D eigenvalue weighted by molar-refractivity contribution is -0.137. The normalized spacial score (nSPS) is 11.7. The van der Waals surface area contributed by atoms with Gasteiger partial charge in [-0.15, -0.1) is 5.10 Å². The maximum Gasteiger partial charge on any atom is 0.416 e. The molecule has 0 spiro atoms. The van der Waals surface area contributed by atoms with E-state index in [4.69, 9.17) is 4.42 Å². The summed E-state index contributed by atoms with van der Waals surface area (Å²) < 4.78 is 46.1. The minimum Gasteiger partial charge on any atom is -0.403 e. The standard InChI is InChI=1S/C23H20F3N5O/c1-31(2)14-15-5-7-20(8-6-15)28-22-30-29-21(32-22)18-10-17(16-4-3-9-27-13-16)11-19(12-18)23(24,25)26/h3-13H,14H2,1-2H3,(H,28,30). The van der Waals surface area contributed by atoms with E-state index in [2.05, 4.69) is 25.4 Å². The van der Waals surface area contributed by atoms with Crippen molar-refractivity contribution in [1.29, 1.82) is 0 Å². The molecule has 2 aromatic carbocycles. The van der Waals surface area contributed by atoms with Gasteiger partial charge in [0, 0.05) is 35.8 Å². The number of rotatable bonds is 6. The molecular formula is C23H20F3N5O. The highest BCUT2D eigenvalue weighted by molar-refractivity contribution is 5.71. The summed E-state index contributed by atoms with van der Waals surface area (Å²) in [5.41, 5.74) is 2.13. The quantitative estimate of drug-likeness (QED) is 0.420. The predicted octanol–water partition coefficient (Wildman–Crippen LogP) is 5.62. The van der Waals surface area contributed by atoms with Gasteiger partial charge in [-0.05, 0) is 61.6 Å². The Morgan fingerprint density at radius 2 is 1.69 bits per heavy atom. The van der Waals surface area contributed by atoms with E-state index in [0.29, 0.717) is 11.1 Å². The smallest absolute Gasteiger partial charge is 0.403 e. The van der Waals surface area contributed by atoms with Crippen molar-refractivity contribution in [3.8, 4) is 22.6 Å². The van der Waals surface area contributed by atoms with Crippen LogP contribution in [0.3, 0.4) is 0 Å². The number of pyridine rings is 1. The molecule has 4 aromatic rings. The molecule has 9 heteroatoms. The lowest BCUT2D eigenvalue weighted by Crippen LogP contribution is -2.10. The second-order valence-corrected chi connectivity index (χ2v) is 7.51. The zero-order valence-electron chi connectivity index (χ0n) is 17.4. The number of aromatic nitrogens is 3. The molecule has 0 saturated heterocycles. The number of nitrogens with zero attached hydrogens (tertiary/aromatic N) is 4. The summed E-state index contributed by atoms with van der Waals surface area (Å²) >= 11 is 0. The van der Waals surface area contributed by atoms with E-state index in [-0.39, 0.29) is 17.5 Å². The molecule has 0 unspecified atom stereocenters. The average molecular weight is 439 g/mol. The van der Waals surface area contributed by atoms with Crippen molar-refractivity contribution < 1.29 is 17.6 Å². The third-order valence-electron chi connectivity index (χ3n) is 4.63. The van der Waals surface area contributed by atoms with E-state index in [1.807, 2.05) is 38.4 Å². The third kappa shape index (κ3) is 5.12. The van der Waals surface area contributed by atoms with Crippen molar-refractivity contribution in [2.45, 2.75) is 12.7 Å². The first-order chi connectivity index (χ1) is 15.3. The van der Waals surface area contributed by atoms with Gasteiger partial charge < -0.3 is 14.6 Å². The Hall–Kier alpha value is -3.72. The molecule has 164 valence electrons. The van der Waals surface area contributed by atoms with Gasteiger partial charge in [-0.3, -0.25) is 4.98 Å². The number of anilines is 2. The summed E-state index contributed by atoms with van der Waals surface area (Å²) in [6, 6.07) is 14.7. The van der Waals surface area contributed by atoms with Crippen LogP contribution in [0.15, 0.2) is 71.4 Å². The van der Waals surface area contributed by atoms with Crippen LogP contribution in [0.4, 0.5) is 24.9 Å². The van der Waals surface area contributed by atoms with Crippen LogP contribution in [-0.2, 0) is 12.7 Å². The van der Waals surface area contributed by atoms with Gasteiger partial charge in [0.15, 0.2) is 0 Å². The molecule has 0 aliphatic rings. The van der Waals surface area contributed by atoms with E-state index in [0.717, 1.165) is 29.9 Å². The van der Waals surface area contributed by atoms with E-state index in [1.54, 1.807) is 24.4 Å². The second-order valence-electron chi connectivity index (χ2n) is 7.51. The first-order valence-corrected chi connectivity index (χ1v) is 9.75. The first kappa shape index (κ1) is 21.5. The number of benzene rings is 2. The Morgan fingerprint density at radius 1 is 0.938 bits per heavy atom. The monoisotopic (exact) mass is 439 g/mol. The largest absolute Gasteiger partial charge is 0.416 e. The molecule has 2 aromatic heterocycles. The van der Waals surface area contributed by atoms with Gasteiger partial charge in [0.05, 0.1) is 5.56 Å². The number of halogens is 3. The van der Waals surface area contributed by atoms with Crippen LogP contribution in [0.2, 0.25) is 0 Å². The molecule has 0 radical (unpaired) electrons. The van der Waals surface area contributed by atoms with Gasteiger partial charge in [-0.25, -0.2) is 0 Å². The van der Waals surface area contributed by atoms with Crippen molar-refractivity contribution in [2.24, 2.45) is 0 Å². The summed E-state index contributed by atoms with van der Waals surface area (Å²) in [6.45, 7) is 0.805. The Morgan fingerprint density at radius 3 is 2.34 bits per heavy atom. The van der Waals surface area contributed by atoms with Gasteiger partial charge >= 0.3 is 12.2 Å². The first-order valence-electron chi connectivity index (χ1n) is 9.75. The Balaban J connectivity index is 1.62. The zero-order valence-corrected chi connectivity index (χ0v) is 17.4. The fourth-order valence-electron chi connectivity index (χ4n) is 3.19. The van der Waals surface area contributed by atoms with Crippen LogP contribution in [0.5, 0.6) is 0 Å². The highest BCUT2D eigenvalue weighted by Gasteiger charge is 2.32. The molecule has 0 aliphatic heterocycles. The van der Waals surface area contributed by atoms with Gasteiger partial charge in [0.1, 0.15) is 0 Å². The summed E-state index contributed by atoms with van der Waals surface area (Å²) in [5, 5.41) is 10.8. The molecule has 2 heterocycles. The lowest BCUT2D eigenvalue weighted by Gasteiger charge is -2.11. The molecule has 1 N–H and O–H groups in total. The summed E-state index contributed by atoms with van der Waals surface area (Å²) in [5.74, 6) is -0.0204. The molecule has 0 saturated carbocycles. The van der Waals surface area contributed by atoms with Gasteiger partial charge in [-0.1, -0.05) is 23.3 Å². The summed E-state index contributed by atoms with van der Waals surface area (Å²) in [6.07, 6.45) is -1.47. The summed E-state index contributed by atoms with van der Waals surface area (Å²) in [4.78, 5) is 6.04. The third-order valence-corrected chi connectivity index (χ3v) is 4.63. The van der Waals surface area contributed by atoms with Crippen molar-refractivity contribution in [3.63, 3.8) is 0 Å². The zero-order chi connectivity index (χ0) is 22.7. The minimum absolute atomic E-state index is 0.0204. The van der Waals surface area contributed by atoms with Crippen molar-refractivity contribution >= 4 is 11.7 Å². The highest BCUT2D eigenvalue weighted by atomic mass is 19.4. The van der Waals surface area contributed by atoms with E-state index >= 15 is 0 Å². The topological polar surface area (TPSA) is 67.1 Å². The fourth-order valence-corrected chi connectivity index (χ4v) is 3.19. The molecule has 0 amide bonds. The molecular weight excluding hydrogens is 419 g/mol. The average Bonchev–Trinajstić information content (AvgIpc) is 3.23. The Bertz CT molecular complexity index is 1190. The van der Waals surface area contributed by atoms with Crippen LogP contribution in [0.1, 0.15) is 11.1 Å². The molecule has 6 nitrogen and oxygen atoms in total. The number of hydrogen-bond donors (Lipinski definition) is 1. The predicted molar refractivity (Wildman–Crippen MR) is 115 cm³/mol. The van der Waals surface area contributed by atoms with Crippen LogP contribution in [0, 0.1) is 0 Å². The van der Waals surface area contributed by atoms with Gasteiger partial charge in [-0.2, -0.15) is 13.2 Å². The van der Waals surface area contributed by atoms with Gasteiger partial charge in [0.25, 0.3) is 0 Å². The SMILES string of the molecule is CN(C)Cc1ccc(Nc2nnc(-c3cc(-c4cccnc4)cc(C(F)(F)F)c3)o2)cc1. The maximum atomic E-state index is 13.5. The number of alkyl halides is 3. The Kier molecular flexibility index (Phi) is 5.91. The van der Waals surface area contributed by atoms with Crippen molar-refractivity contribution in [1.82, 2.24) is 20.1 Å². The number of nitrogens with one attached hydrogen (secondary N) is 1. The molecule has 0 aliphatic carbocycles. The Labute approximate surface area is 182 Å². The molecule has 0 fully saturated rings. The molecule has 0 bridgehead atoms. The lowest BCUT2D eigenvalue weighted by atomic mass is 10.0. The number of hydrogen-bond acceptors (Lipinski definition) is 6. The minimum atomic E-state index is -4.53. The van der Waals surface area contributed by atoms with Crippen LogP contribution < -0.4 is 5.32 Å². The molecule has 32 heavy (non-hydrogen) atoms. The van der Waals surface area contributed by atoms with Crippen LogP contribution in [0.25, 0.3) is 22.6 Å². The second kappa shape index (κ2) is 8.80. The summed E-state index contributed by atoms with van der Waals surface area (Å²) in [7, 11) is 3.97. The van der Waals surface area contributed by atoms with Crippen molar-refractivity contribution in [3.05, 3.63) is 78.1 Å². The van der Waals surface area contributed by atoms with E-state index < -0.39 is 11.7 Å². The fraction of sp³-hybridized carbons (Fsp3) is 0.174. The molecule has 4 rings (SSSR count). The van der Waals surface area contributed by atoms with Crippen molar-refractivity contribution in [2.75, 3.05) is 19.4 Å². The van der Waals surface area contributed by atoms with E-state index in [9.17, 15) is 13.2 Å².